The molecule has 3 aliphatic rings. The first kappa shape index (κ1) is 18.3. The molecule has 0 radical (unpaired) electrons. The molecule has 7 nitrogen and oxygen atoms in total. The normalized spacial score (nSPS) is 27.6. The van der Waals surface area contributed by atoms with Gasteiger partial charge in [-0.15, -0.1) is 0 Å². The summed E-state index contributed by atoms with van der Waals surface area (Å²) in [7, 11) is 0. The number of nitro benzene ring substituents is 1. The van der Waals surface area contributed by atoms with Crippen LogP contribution in [0.3, 0.4) is 0 Å². The van der Waals surface area contributed by atoms with Crippen LogP contribution in [0.4, 0.5) is 11.4 Å². The second kappa shape index (κ2) is 6.67. The van der Waals surface area contributed by atoms with Gasteiger partial charge in [-0.05, 0) is 38.0 Å². The van der Waals surface area contributed by atoms with Crippen molar-refractivity contribution < 1.29 is 19.2 Å². The maximum Gasteiger partial charge on any atom is 0.272 e. The minimum Gasteiger partial charge on any atom is -0.373 e. The molecule has 3 saturated heterocycles. The van der Waals surface area contributed by atoms with Crippen LogP contribution in [0.15, 0.2) is 52.3 Å². The molecule has 2 aromatic rings. The van der Waals surface area contributed by atoms with Gasteiger partial charge in [0.05, 0.1) is 34.7 Å². The Kier molecular flexibility index (Phi) is 4.22. The molecule has 2 aromatic carbocycles. The highest BCUT2D eigenvalue weighted by Gasteiger charge is 2.62. The highest BCUT2D eigenvalue weighted by Crippen LogP contribution is 2.50. The third-order valence-corrected chi connectivity index (χ3v) is 6.87. The topological polar surface area (TPSA) is 89.8 Å². The number of fused-ring (bicyclic) bond motifs is 5. The Morgan fingerprint density at radius 3 is 2.21 bits per heavy atom. The fourth-order valence-corrected chi connectivity index (χ4v) is 5.47. The Morgan fingerprint density at radius 2 is 1.62 bits per heavy atom. The van der Waals surface area contributed by atoms with E-state index in [1.165, 1.54) is 23.9 Å². The number of rotatable bonds is 4. The van der Waals surface area contributed by atoms with E-state index in [9.17, 15) is 19.7 Å². The van der Waals surface area contributed by atoms with Crippen molar-refractivity contribution in [2.24, 2.45) is 11.8 Å². The number of ether oxygens (including phenoxy) is 1. The van der Waals surface area contributed by atoms with Crippen LogP contribution in [0.1, 0.15) is 18.4 Å². The lowest BCUT2D eigenvalue weighted by molar-refractivity contribution is -0.385. The second-order valence-electron chi connectivity index (χ2n) is 7.71. The number of anilines is 1. The van der Waals surface area contributed by atoms with E-state index in [0.717, 1.165) is 28.2 Å². The van der Waals surface area contributed by atoms with Gasteiger partial charge >= 0.3 is 0 Å². The van der Waals surface area contributed by atoms with E-state index >= 15 is 0 Å². The molecule has 5 rings (SSSR count). The van der Waals surface area contributed by atoms with Gasteiger partial charge in [-0.3, -0.25) is 19.7 Å². The maximum absolute atomic E-state index is 13.0. The van der Waals surface area contributed by atoms with E-state index < -0.39 is 16.8 Å². The van der Waals surface area contributed by atoms with Crippen molar-refractivity contribution in [1.29, 1.82) is 0 Å². The Balaban J connectivity index is 1.52. The third kappa shape index (κ3) is 2.94. The van der Waals surface area contributed by atoms with Gasteiger partial charge in [0, 0.05) is 21.9 Å². The molecule has 29 heavy (non-hydrogen) atoms. The molecule has 8 heteroatoms. The first-order valence-corrected chi connectivity index (χ1v) is 10.3. The van der Waals surface area contributed by atoms with Gasteiger partial charge in [-0.25, -0.2) is 4.90 Å². The van der Waals surface area contributed by atoms with Crippen LogP contribution >= 0.6 is 11.8 Å². The second-order valence-corrected chi connectivity index (χ2v) is 8.86. The number of non-ortho nitro benzene ring substituents is 1. The molecule has 0 N–H and O–H groups in total. The summed E-state index contributed by atoms with van der Waals surface area (Å²) in [6.07, 6.45) is 1.13. The highest BCUT2D eigenvalue weighted by atomic mass is 32.2. The summed E-state index contributed by atoms with van der Waals surface area (Å²) in [6, 6.07) is 12.2. The molecule has 3 fully saturated rings. The monoisotopic (exact) mass is 410 g/mol. The summed E-state index contributed by atoms with van der Waals surface area (Å²) in [4.78, 5) is 39.7. The average Bonchev–Trinajstić information content (AvgIpc) is 3.37. The number of carbonyl (C=O) groups excluding carboxylic acids is 2. The average molecular weight is 410 g/mol. The quantitative estimate of drug-likeness (QED) is 0.434. The summed E-state index contributed by atoms with van der Waals surface area (Å²) >= 11 is 1.36. The molecule has 0 unspecified atom stereocenters. The molecular formula is C21H18N2O5S. The van der Waals surface area contributed by atoms with E-state index in [-0.39, 0.29) is 35.4 Å². The molecule has 0 saturated carbocycles. The molecule has 4 atom stereocenters. The van der Waals surface area contributed by atoms with Crippen molar-refractivity contribution in [3.8, 4) is 0 Å². The summed E-state index contributed by atoms with van der Waals surface area (Å²) in [5.41, 5.74) is 1.23. The lowest BCUT2D eigenvalue weighted by Crippen LogP contribution is -2.34. The number of nitro groups is 1. The van der Waals surface area contributed by atoms with Gasteiger partial charge in [-0.2, -0.15) is 0 Å². The molecule has 0 spiro atoms. The fourth-order valence-electron chi connectivity index (χ4n) is 4.57. The van der Waals surface area contributed by atoms with E-state index in [1.807, 2.05) is 31.2 Å². The number of hydrogen-bond donors (Lipinski definition) is 0. The van der Waals surface area contributed by atoms with Crippen LogP contribution in [0.2, 0.25) is 0 Å². The van der Waals surface area contributed by atoms with Gasteiger partial charge in [0.15, 0.2) is 0 Å². The largest absolute Gasteiger partial charge is 0.373 e. The van der Waals surface area contributed by atoms with E-state index in [0.29, 0.717) is 4.90 Å². The predicted molar refractivity (Wildman–Crippen MR) is 106 cm³/mol. The van der Waals surface area contributed by atoms with Crippen LogP contribution in [-0.2, 0) is 14.3 Å². The first-order chi connectivity index (χ1) is 13.9. The van der Waals surface area contributed by atoms with Gasteiger partial charge in [-0.1, -0.05) is 29.5 Å². The Bertz CT molecular complexity index is 1010. The van der Waals surface area contributed by atoms with Crippen molar-refractivity contribution in [2.45, 2.75) is 41.8 Å². The van der Waals surface area contributed by atoms with Crippen molar-refractivity contribution in [1.82, 2.24) is 0 Å². The van der Waals surface area contributed by atoms with Crippen molar-refractivity contribution >= 4 is 35.0 Å². The molecule has 2 amide bonds. The molecular weight excluding hydrogens is 392 g/mol. The number of amides is 2. The number of imide groups is 1. The number of benzene rings is 2. The summed E-state index contributed by atoms with van der Waals surface area (Å²) < 4.78 is 5.76. The van der Waals surface area contributed by atoms with Gasteiger partial charge < -0.3 is 4.74 Å². The smallest absolute Gasteiger partial charge is 0.272 e. The Hall–Kier alpha value is -2.71. The zero-order valence-electron chi connectivity index (χ0n) is 15.6. The van der Waals surface area contributed by atoms with Crippen molar-refractivity contribution in [2.75, 3.05) is 4.90 Å². The summed E-state index contributed by atoms with van der Waals surface area (Å²) in [5.74, 6) is -1.54. The summed E-state index contributed by atoms with van der Waals surface area (Å²) in [5, 5.41) is 11.5. The lowest BCUT2D eigenvalue weighted by Gasteiger charge is -2.18. The third-order valence-electron chi connectivity index (χ3n) is 5.89. The molecule has 0 aliphatic carbocycles. The Labute approximate surface area is 171 Å². The minimum absolute atomic E-state index is 0.144. The van der Waals surface area contributed by atoms with Gasteiger partial charge in [0.1, 0.15) is 0 Å². The number of aryl methyl sites for hydroxylation is 1. The van der Waals surface area contributed by atoms with E-state index in [1.54, 1.807) is 6.07 Å². The number of hydrogen-bond acceptors (Lipinski definition) is 6. The van der Waals surface area contributed by atoms with Crippen molar-refractivity contribution in [3.63, 3.8) is 0 Å². The molecule has 148 valence electrons. The van der Waals surface area contributed by atoms with Crippen LogP contribution in [0.5, 0.6) is 0 Å². The van der Waals surface area contributed by atoms with Crippen LogP contribution in [0.25, 0.3) is 0 Å². The zero-order valence-corrected chi connectivity index (χ0v) is 16.4. The molecule has 2 bridgehead atoms. The van der Waals surface area contributed by atoms with Crippen LogP contribution in [0, 0.1) is 28.9 Å². The fraction of sp³-hybridized carbons (Fsp3) is 0.333. The number of carbonyl (C=O) groups is 2. The van der Waals surface area contributed by atoms with Gasteiger partial charge in [0.25, 0.3) is 5.69 Å². The predicted octanol–water partition coefficient (Wildman–Crippen LogP) is 3.72. The SMILES string of the molecule is Cc1ccc(Sc2cc(N3C(=O)[C@@H]4[C@H](C3=O)[C@@H]3CC[C@@H]4O3)cc([N+](=O)[O-])c2)cc1. The van der Waals surface area contributed by atoms with Crippen molar-refractivity contribution in [3.05, 3.63) is 58.1 Å². The molecule has 3 heterocycles. The van der Waals surface area contributed by atoms with Crippen LogP contribution < -0.4 is 4.90 Å². The molecule has 0 aromatic heterocycles. The standard InChI is InChI=1S/C21H18N2O5S/c1-11-2-4-14(5-3-11)29-15-9-12(8-13(10-15)23(26)27)22-20(24)18-16-6-7-17(28-16)19(18)21(22)25/h2-5,8-10,16-19H,6-7H2,1H3/t16-,17-,18-,19+/m0/s1. The molecule has 3 aliphatic heterocycles. The number of nitrogens with zero attached hydrogens (tertiary/aromatic N) is 2. The van der Waals surface area contributed by atoms with Gasteiger partial charge in [0.2, 0.25) is 11.8 Å². The summed E-state index contributed by atoms with van der Waals surface area (Å²) in [6.45, 7) is 1.98. The maximum atomic E-state index is 13.0. The first-order valence-electron chi connectivity index (χ1n) is 9.49. The van der Waals surface area contributed by atoms with E-state index in [2.05, 4.69) is 0 Å². The zero-order chi connectivity index (χ0) is 20.3. The van der Waals surface area contributed by atoms with Crippen LogP contribution in [-0.4, -0.2) is 28.9 Å². The Morgan fingerprint density at radius 1 is 1.00 bits per heavy atom. The minimum atomic E-state index is -0.499. The van der Waals surface area contributed by atoms with E-state index in [4.69, 9.17) is 4.74 Å². The highest BCUT2D eigenvalue weighted by molar-refractivity contribution is 7.99. The lowest BCUT2D eigenvalue weighted by atomic mass is 9.81.